The molecule has 0 spiro atoms. The first kappa shape index (κ1) is 15.3. The average Bonchev–Trinajstić information content (AvgIpc) is 2.70. The maximum atomic E-state index is 12.2. The van der Waals surface area contributed by atoms with Gasteiger partial charge in [0, 0.05) is 11.8 Å². The zero-order valence-corrected chi connectivity index (χ0v) is 12.2. The number of nitrogens with one attached hydrogen (secondary N) is 1. The third-order valence-corrected chi connectivity index (χ3v) is 4.46. The molecule has 0 saturated carbocycles. The van der Waals surface area contributed by atoms with Gasteiger partial charge in [0.15, 0.2) is 0 Å². The molecule has 1 amide bonds. The molecule has 1 heterocycles. The second-order valence-electron chi connectivity index (χ2n) is 5.16. The Kier molecular flexibility index (Phi) is 5.47. The van der Waals surface area contributed by atoms with E-state index >= 15 is 0 Å². The number of nitrogens with zero attached hydrogens (tertiary/aromatic N) is 1. The van der Waals surface area contributed by atoms with Gasteiger partial charge in [0.2, 0.25) is 5.91 Å². The smallest absolute Gasteiger partial charge is 0.327 e. The first-order valence-corrected chi connectivity index (χ1v) is 7.28. The van der Waals surface area contributed by atoms with Crippen LogP contribution in [0, 0.1) is 5.92 Å². The van der Waals surface area contributed by atoms with Crippen molar-refractivity contribution in [2.24, 2.45) is 5.92 Å². The van der Waals surface area contributed by atoms with Gasteiger partial charge in [-0.05, 0) is 5.92 Å². The molecule has 0 aromatic heterocycles. The SMILES string of the molecule is CC(C)NCC(=O)N1C(C(=O)O)CSC1C(C)C. The summed E-state index contributed by atoms with van der Waals surface area (Å²) in [7, 11) is 0. The average molecular weight is 274 g/mol. The lowest BCUT2D eigenvalue weighted by molar-refractivity contribution is -0.149. The lowest BCUT2D eigenvalue weighted by Crippen LogP contribution is -2.50. The number of carboxylic acids is 1. The molecule has 2 N–H and O–H groups in total. The van der Waals surface area contributed by atoms with E-state index in [-0.39, 0.29) is 29.8 Å². The number of hydrogen-bond acceptors (Lipinski definition) is 4. The molecule has 1 fully saturated rings. The van der Waals surface area contributed by atoms with E-state index in [1.165, 1.54) is 4.90 Å². The maximum absolute atomic E-state index is 12.2. The number of carbonyl (C=O) groups is 2. The molecular formula is C12H22N2O3S. The summed E-state index contributed by atoms with van der Waals surface area (Å²) in [5.41, 5.74) is 0. The van der Waals surface area contributed by atoms with Crippen molar-refractivity contribution in [2.75, 3.05) is 12.3 Å². The highest BCUT2D eigenvalue weighted by molar-refractivity contribution is 8.00. The summed E-state index contributed by atoms with van der Waals surface area (Å²) in [6.45, 7) is 8.14. The highest BCUT2D eigenvalue weighted by Crippen LogP contribution is 2.33. The van der Waals surface area contributed by atoms with Gasteiger partial charge in [-0.15, -0.1) is 11.8 Å². The number of hydrogen-bond donors (Lipinski definition) is 2. The fraction of sp³-hybridized carbons (Fsp3) is 0.833. The van der Waals surface area contributed by atoms with Gasteiger partial charge in [0.25, 0.3) is 0 Å². The predicted molar refractivity (Wildman–Crippen MR) is 72.5 cm³/mol. The van der Waals surface area contributed by atoms with Crippen LogP contribution in [-0.2, 0) is 9.59 Å². The number of aliphatic carboxylic acids is 1. The Balaban J connectivity index is 2.76. The molecular weight excluding hydrogens is 252 g/mol. The molecule has 18 heavy (non-hydrogen) atoms. The topological polar surface area (TPSA) is 69.6 Å². The van der Waals surface area contributed by atoms with Gasteiger partial charge in [-0.25, -0.2) is 4.79 Å². The van der Waals surface area contributed by atoms with E-state index in [1.807, 2.05) is 27.7 Å². The monoisotopic (exact) mass is 274 g/mol. The van der Waals surface area contributed by atoms with E-state index in [4.69, 9.17) is 0 Å². The molecule has 0 aromatic rings. The molecule has 1 rings (SSSR count). The van der Waals surface area contributed by atoms with Gasteiger partial charge in [0.05, 0.1) is 11.9 Å². The molecule has 5 nitrogen and oxygen atoms in total. The van der Waals surface area contributed by atoms with Crippen LogP contribution in [0.1, 0.15) is 27.7 Å². The van der Waals surface area contributed by atoms with Crippen LogP contribution < -0.4 is 5.32 Å². The van der Waals surface area contributed by atoms with Crippen LogP contribution in [0.15, 0.2) is 0 Å². The Morgan fingerprint density at radius 2 is 2.00 bits per heavy atom. The summed E-state index contributed by atoms with van der Waals surface area (Å²) in [6.07, 6.45) is 0. The standard InChI is InChI=1S/C12H22N2O3S/c1-7(2)11-14(9(6-18-11)12(16)17)10(15)5-13-8(3)4/h7-9,11,13H,5-6H2,1-4H3,(H,16,17). The van der Waals surface area contributed by atoms with Gasteiger partial charge < -0.3 is 15.3 Å². The fourth-order valence-electron chi connectivity index (χ4n) is 1.93. The molecule has 1 aliphatic rings. The van der Waals surface area contributed by atoms with Gasteiger partial charge in [-0.1, -0.05) is 27.7 Å². The normalized spacial score (nSPS) is 24.0. The lowest BCUT2D eigenvalue weighted by atomic mass is 10.1. The Morgan fingerprint density at radius 3 is 2.44 bits per heavy atom. The highest BCUT2D eigenvalue weighted by atomic mass is 32.2. The van der Waals surface area contributed by atoms with E-state index in [2.05, 4.69) is 5.32 Å². The number of rotatable bonds is 5. The lowest BCUT2D eigenvalue weighted by Gasteiger charge is -2.30. The zero-order valence-electron chi connectivity index (χ0n) is 11.3. The van der Waals surface area contributed by atoms with Gasteiger partial charge in [-0.2, -0.15) is 0 Å². The second kappa shape index (κ2) is 6.43. The minimum Gasteiger partial charge on any atom is -0.480 e. The van der Waals surface area contributed by atoms with Gasteiger partial charge in [0.1, 0.15) is 6.04 Å². The van der Waals surface area contributed by atoms with Crippen molar-refractivity contribution in [3.05, 3.63) is 0 Å². The van der Waals surface area contributed by atoms with Gasteiger partial charge >= 0.3 is 5.97 Å². The van der Waals surface area contributed by atoms with E-state index in [9.17, 15) is 14.7 Å². The minimum atomic E-state index is -0.913. The maximum Gasteiger partial charge on any atom is 0.327 e. The molecule has 1 saturated heterocycles. The van der Waals surface area contributed by atoms with Crippen LogP contribution in [0.3, 0.4) is 0 Å². The van der Waals surface area contributed by atoms with Crippen LogP contribution in [0.2, 0.25) is 0 Å². The van der Waals surface area contributed by atoms with Crippen molar-refractivity contribution in [1.29, 1.82) is 0 Å². The van der Waals surface area contributed by atoms with Crippen molar-refractivity contribution in [3.63, 3.8) is 0 Å². The number of carbonyl (C=O) groups excluding carboxylic acids is 1. The molecule has 2 atom stereocenters. The van der Waals surface area contributed by atoms with Crippen LogP contribution in [-0.4, -0.2) is 51.6 Å². The summed E-state index contributed by atoms with van der Waals surface area (Å²) < 4.78 is 0. The van der Waals surface area contributed by atoms with Crippen LogP contribution in [0.4, 0.5) is 0 Å². The molecule has 2 unspecified atom stereocenters. The van der Waals surface area contributed by atoms with E-state index in [0.29, 0.717) is 5.75 Å². The van der Waals surface area contributed by atoms with Crippen molar-refractivity contribution < 1.29 is 14.7 Å². The summed E-state index contributed by atoms with van der Waals surface area (Å²) in [6, 6.07) is -0.478. The number of carboxylic acid groups (broad SMARTS) is 1. The summed E-state index contributed by atoms with van der Waals surface area (Å²) >= 11 is 1.55. The molecule has 0 radical (unpaired) electrons. The Labute approximate surface area is 112 Å². The third kappa shape index (κ3) is 3.62. The summed E-state index contributed by atoms with van der Waals surface area (Å²) in [5.74, 6) is -0.309. The molecule has 0 bridgehead atoms. The molecule has 104 valence electrons. The first-order chi connectivity index (χ1) is 8.34. The van der Waals surface area contributed by atoms with Crippen LogP contribution >= 0.6 is 11.8 Å². The molecule has 6 heteroatoms. The summed E-state index contributed by atoms with van der Waals surface area (Å²) in [4.78, 5) is 24.9. The number of amides is 1. The molecule has 1 aliphatic heterocycles. The highest BCUT2D eigenvalue weighted by Gasteiger charge is 2.42. The Hall–Kier alpha value is -0.750. The molecule has 0 aliphatic carbocycles. The predicted octanol–water partition coefficient (Wildman–Crippen LogP) is 0.995. The van der Waals surface area contributed by atoms with Crippen molar-refractivity contribution in [2.45, 2.75) is 45.2 Å². The van der Waals surface area contributed by atoms with Crippen molar-refractivity contribution in [3.8, 4) is 0 Å². The van der Waals surface area contributed by atoms with Crippen molar-refractivity contribution in [1.82, 2.24) is 10.2 Å². The summed E-state index contributed by atoms with van der Waals surface area (Å²) in [5, 5.41) is 12.2. The fourth-order valence-corrected chi connectivity index (χ4v) is 3.42. The van der Waals surface area contributed by atoms with Crippen LogP contribution in [0.5, 0.6) is 0 Å². The Bertz CT molecular complexity index is 320. The largest absolute Gasteiger partial charge is 0.480 e. The van der Waals surface area contributed by atoms with E-state index in [1.54, 1.807) is 11.8 Å². The number of thioether (sulfide) groups is 1. The molecule has 0 aromatic carbocycles. The third-order valence-electron chi connectivity index (χ3n) is 2.84. The Morgan fingerprint density at radius 1 is 1.39 bits per heavy atom. The zero-order chi connectivity index (χ0) is 13.9. The van der Waals surface area contributed by atoms with Crippen LogP contribution in [0.25, 0.3) is 0 Å². The van der Waals surface area contributed by atoms with Gasteiger partial charge in [-0.3, -0.25) is 4.79 Å². The first-order valence-electron chi connectivity index (χ1n) is 6.23. The van der Waals surface area contributed by atoms with Crippen molar-refractivity contribution >= 4 is 23.6 Å². The minimum absolute atomic E-state index is 0.0347. The van der Waals surface area contributed by atoms with E-state index in [0.717, 1.165) is 0 Å². The second-order valence-corrected chi connectivity index (χ2v) is 6.31. The quantitative estimate of drug-likeness (QED) is 0.782. The van der Waals surface area contributed by atoms with E-state index < -0.39 is 12.0 Å².